The zero-order chi connectivity index (χ0) is 21.3. The molecule has 4 rings (SSSR count). The lowest BCUT2D eigenvalue weighted by atomic mass is 10.0. The standard InChI is InChI=1S/C23H26ClN3O2S.ClH/c1-15-4-5-16(2)19(12-15)22(28)27(7-6-26-8-10-29-11-9-26)23-25-21-17(3)13-18(24)14-20(21)30-23;/h4-5,12-14H,6-11H2,1-3H3;1H. The van der Waals surface area contributed by atoms with E-state index in [-0.39, 0.29) is 18.3 Å². The maximum atomic E-state index is 13.6. The smallest absolute Gasteiger partial charge is 0.260 e. The first-order valence-electron chi connectivity index (χ1n) is 10.2. The number of hydrogen-bond donors (Lipinski definition) is 0. The maximum absolute atomic E-state index is 13.6. The van der Waals surface area contributed by atoms with Crippen molar-refractivity contribution < 1.29 is 9.53 Å². The van der Waals surface area contributed by atoms with Gasteiger partial charge in [-0.05, 0) is 50.1 Å². The minimum absolute atomic E-state index is 0. The fourth-order valence-corrected chi connectivity index (χ4v) is 5.16. The summed E-state index contributed by atoms with van der Waals surface area (Å²) in [7, 11) is 0. The van der Waals surface area contributed by atoms with Crippen LogP contribution in [0.3, 0.4) is 0 Å². The van der Waals surface area contributed by atoms with E-state index >= 15 is 0 Å². The van der Waals surface area contributed by atoms with E-state index < -0.39 is 0 Å². The third kappa shape index (κ3) is 5.38. The summed E-state index contributed by atoms with van der Waals surface area (Å²) in [6, 6.07) is 9.85. The Bertz CT molecular complexity index is 1080. The first-order chi connectivity index (χ1) is 14.4. The first-order valence-corrected chi connectivity index (χ1v) is 11.4. The molecule has 0 unspecified atom stereocenters. The number of carbonyl (C=O) groups excluding carboxylic acids is 1. The van der Waals surface area contributed by atoms with Crippen molar-refractivity contribution >= 4 is 56.6 Å². The number of aryl methyl sites for hydroxylation is 3. The lowest BCUT2D eigenvalue weighted by Crippen LogP contribution is -2.43. The summed E-state index contributed by atoms with van der Waals surface area (Å²) >= 11 is 7.77. The molecule has 5 nitrogen and oxygen atoms in total. The number of ether oxygens (including phenoxy) is 1. The minimum atomic E-state index is -0.00716. The van der Waals surface area contributed by atoms with Crippen molar-refractivity contribution in [3.05, 3.63) is 57.6 Å². The molecular formula is C23H27Cl2N3O2S. The van der Waals surface area contributed by atoms with Crippen LogP contribution in [0, 0.1) is 20.8 Å². The van der Waals surface area contributed by atoms with Crippen molar-refractivity contribution in [2.24, 2.45) is 0 Å². The molecule has 1 saturated heterocycles. The van der Waals surface area contributed by atoms with Crippen molar-refractivity contribution in [2.45, 2.75) is 20.8 Å². The van der Waals surface area contributed by atoms with Gasteiger partial charge in [-0.25, -0.2) is 4.98 Å². The van der Waals surface area contributed by atoms with Crippen LogP contribution in [0.2, 0.25) is 5.02 Å². The van der Waals surface area contributed by atoms with E-state index in [0.29, 0.717) is 11.6 Å². The highest BCUT2D eigenvalue weighted by molar-refractivity contribution is 7.22. The van der Waals surface area contributed by atoms with Gasteiger partial charge in [0.2, 0.25) is 0 Å². The van der Waals surface area contributed by atoms with E-state index in [1.54, 1.807) is 0 Å². The van der Waals surface area contributed by atoms with Gasteiger partial charge >= 0.3 is 0 Å². The lowest BCUT2D eigenvalue weighted by molar-refractivity contribution is 0.0391. The van der Waals surface area contributed by atoms with Gasteiger partial charge in [0, 0.05) is 36.8 Å². The van der Waals surface area contributed by atoms with Gasteiger partial charge < -0.3 is 4.74 Å². The summed E-state index contributed by atoms with van der Waals surface area (Å²) in [5, 5.41) is 1.41. The molecule has 0 bridgehead atoms. The number of thiazole rings is 1. The lowest BCUT2D eigenvalue weighted by Gasteiger charge is -2.29. The quantitative estimate of drug-likeness (QED) is 0.499. The number of aromatic nitrogens is 1. The molecular weight excluding hydrogens is 453 g/mol. The molecule has 1 aliphatic heterocycles. The zero-order valence-corrected chi connectivity index (χ0v) is 20.4. The molecule has 0 saturated carbocycles. The summed E-state index contributed by atoms with van der Waals surface area (Å²) in [6.07, 6.45) is 0. The molecule has 1 amide bonds. The second kappa shape index (κ2) is 10.3. The molecule has 1 aliphatic rings. The number of carbonyl (C=O) groups is 1. The van der Waals surface area contributed by atoms with Crippen LogP contribution in [-0.4, -0.2) is 55.2 Å². The molecule has 3 aromatic rings. The molecule has 0 N–H and O–H groups in total. The van der Waals surface area contributed by atoms with Crippen molar-refractivity contribution in [1.29, 1.82) is 0 Å². The van der Waals surface area contributed by atoms with Crippen LogP contribution in [0.25, 0.3) is 10.2 Å². The van der Waals surface area contributed by atoms with Gasteiger partial charge in [0.05, 0.1) is 23.4 Å². The number of rotatable bonds is 5. The summed E-state index contributed by atoms with van der Waals surface area (Å²) in [4.78, 5) is 22.6. The van der Waals surface area contributed by atoms with E-state index in [1.165, 1.54) is 11.3 Å². The number of halogens is 2. The molecule has 8 heteroatoms. The van der Waals surface area contributed by atoms with E-state index in [9.17, 15) is 4.79 Å². The average Bonchev–Trinajstić information content (AvgIpc) is 3.14. The molecule has 31 heavy (non-hydrogen) atoms. The number of fused-ring (bicyclic) bond motifs is 1. The number of benzene rings is 2. The third-order valence-electron chi connectivity index (χ3n) is 5.48. The van der Waals surface area contributed by atoms with Gasteiger partial charge in [0.15, 0.2) is 5.13 Å². The van der Waals surface area contributed by atoms with Crippen LogP contribution in [-0.2, 0) is 4.74 Å². The fourth-order valence-electron chi connectivity index (χ4n) is 3.72. The van der Waals surface area contributed by atoms with Crippen molar-refractivity contribution in [1.82, 2.24) is 9.88 Å². The molecule has 1 aromatic heterocycles. The van der Waals surface area contributed by atoms with Crippen molar-refractivity contribution in [3.8, 4) is 0 Å². The van der Waals surface area contributed by atoms with Crippen LogP contribution in [0.5, 0.6) is 0 Å². The topological polar surface area (TPSA) is 45.7 Å². The van der Waals surface area contributed by atoms with Crippen LogP contribution < -0.4 is 4.90 Å². The van der Waals surface area contributed by atoms with Crippen molar-refractivity contribution in [2.75, 3.05) is 44.3 Å². The molecule has 2 aromatic carbocycles. The molecule has 0 aliphatic carbocycles. The zero-order valence-electron chi connectivity index (χ0n) is 18.0. The van der Waals surface area contributed by atoms with Crippen LogP contribution >= 0.6 is 35.3 Å². The predicted molar refractivity (Wildman–Crippen MR) is 131 cm³/mol. The Morgan fingerprint density at radius 2 is 1.90 bits per heavy atom. The number of anilines is 1. The monoisotopic (exact) mass is 479 g/mol. The van der Waals surface area contributed by atoms with Gasteiger partial charge in [-0.3, -0.25) is 14.6 Å². The molecule has 0 radical (unpaired) electrons. The summed E-state index contributed by atoms with van der Waals surface area (Å²) in [5.74, 6) is -0.00716. The number of nitrogens with zero attached hydrogens (tertiary/aromatic N) is 3. The Balaban J connectivity index is 0.00000272. The molecule has 1 fully saturated rings. The van der Waals surface area contributed by atoms with E-state index in [0.717, 1.165) is 70.5 Å². The molecule has 0 spiro atoms. The van der Waals surface area contributed by atoms with Crippen LogP contribution in [0.15, 0.2) is 30.3 Å². The Hall–Kier alpha value is -1.70. The number of amides is 1. The Morgan fingerprint density at radius 3 is 2.65 bits per heavy atom. The minimum Gasteiger partial charge on any atom is -0.379 e. The first kappa shape index (κ1) is 24.0. The van der Waals surface area contributed by atoms with Crippen LogP contribution in [0.1, 0.15) is 27.0 Å². The second-order valence-electron chi connectivity index (χ2n) is 7.80. The summed E-state index contributed by atoms with van der Waals surface area (Å²) < 4.78 is 6.46. The molecule has 2 heterocycles. The van der Waals surface area contributed by atoms with Crippen LogP contribution in [0.4, 0.5) is 5.13 Å². The Labute approximate surface area is 198 Å². The Morgan fingerprint density at radius 1 is 1.16 bits per heavy atom. The van der Waals surface area contributed by atoms with Gasteiger partial charge in [-0.1, -0.05) is 40.6 Å². The SMILES string of the molecule is Cc1ccc(C)c(C(=O)N(CCN2CCOCC2)c2nc3c(C)cc(Cl)cc3s2)c1.Cl. The van der Waals surface area contributed by atoms with Gasteiger partial charge in [0.25, 0.3) is 5.91 Å². The molecule has 166 valence electrons. The highest BCUT2D eigenvalue weighted by Gasteiger charge is 2.24. The fraction of sp³-hybridized carbons (Fsp3) is 0.391. The highest BCUT2D eigenvalue weighted by Crippen LogP contribution is 2.34. The third-order valence-corrected chi connectivity index (χ3v) is 6.73. The number of hydrogen-bond acceptors (Lipinski definition) is 5. The second-order valence-corrected chi connectivity index (χ2v) is 9.24. The largest absolute Gasteiger partial charge is 0.379 e. The molecule has 0 atom stereocenters. The van der Waals surface area contributed by atoms with E-state index in [2.05, 4.69) is 4.90 Å². The van der Waals surface area contributed by atoms with E-state index in [4.69, 9.17) is 21.3 Å². The van der Waals surface area contributed by atoms with Crippen molar-refractivity contribution in [3.63, 3.8) is 0 Å². The van der Waals surface area contributed by atoms with Gasteiger partial charge in [0.1, 0.15) is 0 Å². The summed E-state index contributed by atoms with van der Waals surface area (Å²) in [5.41, 5.74) is 4.70. The maximum Gasteiger partial charge on any atom is 0.260 e. The van der Waals surface area contributed by atoms with Gasteiger partial charge in [-0.2, -0.15) is 0 Å². The van der Waals surface area contributed by atoms with E-state index in [1.807, 2.05) is 56.0 Å². The average molecular weight is 480 g/mol. The Kier molecular flexibility index (Phi) is 7.94. The normalized spacial score (nSPS) is 14.5. The van der Waals surface area contributed by atoms with Gasteiger partial charge in [-0.15, -0.1) is 12.4 Å². The highest BCUT2D eigenvalue weighted by atomic mass is 35.5. The predicted octanol–water partition coefficient (Wildman–Crippen LogP) is 5.28. The summed E-state index contributed by atoms with van der Waals surface area (Å²) in [6.45, 7) is 10.6. The number of morpholine rings is 1.